The number of imide groups is 1. The van der Waals surface area contributed by atoms with Crippen LogP contribution in [0.5, 0.6) is 11.5 Å². The monoisotopic (exact) mass is 447 g/mol. The van der Waals surface area contributed by atoms with E-state index in [0.29, 0.717) is 18.0 Å². The van der Waals surface area contributed by atoms with E-state index >= 15 is 0 Å². The van der Waals surface area contributed by atoms with Gasteiger partial charge in [0.1, 0.15) is 36.5 Å². The summed E-state index contributed by atoms with van der Waals surface area (Å²) in [4.78, 5) is 44.6. The lowest BCUT2D eigenvalue weighted by Crippen LogP contribution is -2.67. The van der Waals surface area contributed by atoms with Gasteiger partial charge in [0, 0.05) is 26.2 Å². The minimum Gasteiger partial charge on any atom is -0.497 e. The topological polar surface area (TPSA) is 104 Å². The van der Waals surface area contributed by atoms with Crippen LogP contribution in [0.3, 0.4) is 0 Å². The smallest absolute Gasteiger partial charge is 0.328 e. The first-order chi connectivity index (χ1) is 15.3. The van der Waals surface area contributed by atoms with E-state index in [4.69, 9.17) is 9.47 Å². The van der Waals surface area contributed by atoms with Crippen LogP contribution in [0.1, 0.15) is 6.92 Å². The van der Waals surface area contributed by atoms with Gasteiger partial charge in [-0.05, 0) is 18.1 Å². The Balaban J connectivity index is 1.69. The lowest BCUT2D eigenvalue weighted by molar-refractivity contribution is -0.149. The molecule has 0 aliphatic carbocycles. The number of nitrogens with one attached hydrogen (secondary N) is 1. The maximum absolute atomic E-state index is 13.4. The number of carbonyl (C=O) groups excluding carboxylic acids is 3. The molecule has 4 atom stereocenters. The lowest BCUT2D eigenvalue weighted by Gasteiger charge is -2.46. The molecule has 0 spiro atoms. The number of amides is 3. The Bertz CT molecular complexity index is 926. The molecule has 0 radical (unpaired) electrons. The van der Waals surface area contributed by atoms with Crippen LogP contribution >= 0.6 is 0 Å². The third-order valence-corrected chi connectivity index (χ3v) is 6.30. The predicted octanol–water partition coefficient (Wildman–Crippen LogP) is 0.110. The first kappa shape index (κ1) is 22.2. The second kappa shape index (κ2) is 8.47. The highest BCUT2D eigenvalue weighted by Crippen LogP contribution is 2.39. The SMILES string of the molecule is COC(=O)CN1C(=O)C2C(NC3N(c4ccc(OC)cc4OC)CC(C)CN23)N(C)C1=O. The number of carbonyl (C=O) groups is 3. The fraction of sp³-hybridized carbons (Fsp3) is 0.571. The third kappa shape index (κ3) is 3.51. The normalized spacial score (nSPS) is 27.8. The molecular formula is C21H29N5O6. The van der Waals surface area contributed by atoms with Crippen molar-refractivity contribution in [3.63, 3.8) is 0 Å². The van der Waals surface area contributed by atoms with Crippen molar-refractivity contribution in [3.8, 4) is 11.5 Å². The number of ether oxygens (including phenoxy) is 3. The highest BCUT2D eigenvalue weighted by atomic mass is 16.5. The number of hydrogen-bond donors (Lipinski definition) is 1. The molecule has 1 aromatic carbocycles. The van der Waals surface area contributed by atoms with E-state index < -0.39 is 36.7 Å². The number of nitrogens with zero attached hydrogens (tertiary/aromatic N) is 4. The summed E-state index contributed by atoms with van der Waals surface area (Å²) in [7, 11) is 6.06. The Hall–Kier alpha value is -3.05. The summed E-state index contributed by atoms with van der Waals surface area (Å²) in [6.07, 6.45) is -0.855. The molecule has 3 aliphatic rings. The Morgan fingerprint density at radius 2 is 1.91 bits per heavy atom. The Kier molecular flexibility index (Phi) is 5.87. The average Bonchev–Trinajstić information content (AvgIpc) is 3.18. The summed E-state index contributed by atoms with van der Waals surface area (Å²) < 4.78 is 15.6. The van der Waals surface area contributed by atoms with Gasteiger partial charge in [0.25, 0.3) is 5.91 Å². The molecule has 11 heteroatoms. The fourth-order valence-corrected chi connectivity index (χ4v) is 4.76. The van der Waals surface area contributed by atoms with E-state index in [9.17, 15) is 14.4 Å². The first-order valence-electron chi connectivity index (χ1n) is 10.5. The number of benzene rings is 1. The zero-order valence-electron chi connectivity index (χ0n) is 18.9. The van der Waals surface area contributed by atoms with Crippen molar-refractivity contribution in [1.82, 2.24) is 20.0 Å². The largest absolute Gasteiger partial charge is 0.497 e. The number of rotatable bonds is 5. The van der Waals surface area contributed by atoms with E-state index in [-0.39, 0.29) is 12.2 Å². The van der Waals surface area contributed by atoms with Crippen LogP contribution < -0.4 is 19.7 Å². The quantitative estimate of drug-likeness (QED) is 0.630. The van der Waals surface area contributed by atoms with Gasteiger partial charge in [-0.1, -0.05) is 6.92 Å². The van der Waals surface area contributed by atoms with Crippen molar-refractivity contribution in [3.05, 3.63) is 18.2 Å². The van der Waals surface area contributed by atoms with Crippen molar-refractivity contribution in [1.29, 1.82) is 0 Å². The van der Waals surface area contributed by atoms with E-state index in [2.05, 4.69) is 26.8 Å². The molecule has 0 saturated carbocycles. The number of hydrogen-bond acceptors (Lipinski definition) is 9. The van der Waals surface area contributed by atoms with Crippen molar-refractivity contribution < 1.29 is 28.6 Å². The molecular weight excluding hydrogens is 418 g/mol. The molecule has 0 bridgehead atoms. The highest BCUT2D eigenvalue weighted by Gasteiger charge is 2.57. The molecule has 3 heterocycles. The minimum absolute atomic E-state index is 0.239. The summed E-state index contributed by atoms with van der Waals surface area (Å²) in [6, 6.07) is 4.46. The molecule has 1 aromatic rings. The molecule has 1 N–H and O–H groups in total. The molecule has 4 unspecified atom stereocenters. The number of urea groups is 1. The van der Waals surface area contributed by atoms with Crippen molar-refractivity contribution in [2.45, 2.75) is 25.4 Å². The molecule has 3 saturated heterocycles. The number of methoxy groups -OCH3 is 3. The van der Waals surface area contributed by atoms with E-state index in [1.165, 1.54) is 12.0 Å². The second-order valence-corrected chi connectivity index (χ2v) is 8.32. The zero-order chi connectivity index (χ0) is 23.2. The number of esters is 1. The second-order valence-electron chi connectivity index (χ2n) is 8.32. The van der Waals surface area contributed by atoms with Crippen LogP contribution in [0.4, 0.5) is 10.5 Å². The molecule has 0 aromatic heterocycles. The number of likely N-dealkylation sites (N-methyl/N-ethyl adjacent to an activating group) is 1. The van der Waals surface area contributed by atoms with Crippen molar-refractivity contribution >= 4 is 23.6 Å². The third-order valence-electron chi connectivity index (χ3n) is 6.30. The Labute approximate surface area is 186 Å². The van der Waals surface area contributed by atoms with E-state index in [0.717, 1.165) is 17.1 Å². The van der Waals surface area contributed by atoms with Gasteiger partial charge in [-0.15, -0.1) is 0 Å². The summed E-state index contributed by atoms with van der Waals surface area (Å²) in [5.41, 5.74) is 0.855. The predicted molar refractivity (Wildman–Crippen MR) is 114 cm³/mol. The molecule has 32 heavy (non-hydrogen) atoms. The maximum atomic E-state index is 13.4. The Morgan fingerprint density at radius 1 is 1.16 bits per heavy atom. The summed E-state index contributed by atoms with van der Waals surface area (Å²) in [5.74, 6) is 0.521. The highest BCUT2D eigenvalue weighted by molar-refractivity contribution is 6.02. The van der Waals surface area contributed by atoms with Gasteiger partial charge in [0.05, 0.1) is 27.0 Å². The summed E-state index contributed by atoms with van der Waals surface area (Å²) in [5, 5.41) is 3.45. The van der Waals surface area contributed by atoms with Crippen LogP contribution in [-0.2, 0) is 14.3 Å². The van der Waals surface area contributed by atoms with Gasteiger partial charge in [-0.2, -0.15) is 0 Å². The van der Waals surface area contributed by atoms with Gasteiger partial charge in [-0.3, -0.25) is 24.7 Å². The molecule has 3 amide bonds. The average molecular weight is 447 g/mol. The van der Waals surface area contributed by atoms with Gasteiger partial charge >= 0.3 is 12.0 Å². The lowest BCUT2D eigenvalue weighted by atomic mass is 10.0. The van der Waals surface area contributed by atoms with Crippen LogP contribution in [0.2, 0.25) is 0 Å². The van der Waals surface area contributed by atoms with Gasteiger partial charge in [0.2, 0.25) is 0 Å². The summed E-state index contributed by atoms with van der Waals surface area (Å²) >= 11 is 0. The van der Waals surface area contributed by atoms with Gasteiger partial charge < -0.3 is 24.0 Å². The summed E-state index contributed by atoms with van der Waals surface area (Å²) in [6.45, 7) is 3.09. The van der Waals surface area contributed by atoms with Gasteiger partial charge in [0.15, 0.2) is 0 Å². The molecule has 11 nitrogen and oxygen atoms in total. The van der Waals surface area contributed by atoms with Crippen molar-refractivity contribution in [2.24, 2.45) is 5.92 Å². The van der Waals surface area contributed by atoms with Crippen LogP contribution in [0.15, 0.2) is 18.2 Å². The van der Waals surface area contributed by atoms with Crippen LogP contribution in [0, 0.1) is 5.92 Å². The van der Waals surface area contributed by atoms with Crippen LogP contribution in [0.25, 0.3) is 0 Å². The van der Waals surface area contributed by atoms with E-state index in [1.54, 1.807) is 21.3 Å². The minimum atomic E-state index is -0.641. The number of anilines is 1. The Morgan fingerprint density at radius 3 is 2.56 bits per heavy atom. The molecule has 4 rings (SSSR count). The molecule has 3 fully saturated rings. The van der Waals surface area contributed by atoms with E-state index in [1.807, 2.05) is 18.2 Å². The van der Waals surface area contributed by atoms with Crippen LogP contribution in [-0.4, -0.2) is 99.1 Å². The first-order valence-corrected chi connectivity index (χ1v) is 10.5. The fourth-order valence-electron chi connectivity index (χ4n) is 4.76. The van der Waals surface area contributed by atoms with Crippen molar-refractivity contribution in [2.75, 3.05) is 52.9 Å². The molecule has 3 aliphatic heterocycles. The maximum Gasteiger partial charge on any atom is 0.328 e. The standard InChI is InChI=1S/C21H29N5O6/c1-12-9-24(14-7-6-13(30-3)8-15(14)31-4)20-22-18-17(25(20)10-12)19(28)26(11-16(27)32-5)21(29)23(18)2/h6-8,12,17-18,20,22H,9-11H2,1-5H3. The zero-order valence-corrected chi connectivity index (χ0v) is 18.9. The number of fused-ring (bicyclic) bond motifs is 3. The van der Waals surface area contributed by atoms with Gasteiger partial charge in [-0.25, -0.2) is 4.79 Å². The molecule has 174 valence electrons.